The molecule has 0 aliphatic heterocycles. The van der Waals surface area contributed by atoms with E-state index in [0.29, 0.717) is 5.92 Å². The molecular weight excluding hydrogens is 254 g/mol. The Morgan fingerprint density at radius 1 is 1.32 bits per heavy atom. The summed E-state index contributed by atoms with van der Waals surface area (Å²) in [5, 5.41) is 3.59. The second-order valence-corrected chi connectivity index (χ2v) is 6.12. The summed E-state index contributed by atoms with van der Waals surface area (Å²) in [6.45, 7) is 5.50. The predicted molar refractivity (Wildman–Crippen MR) is 84.7 cm³/mol. The van der Waals surface area contributed by atoms with Gasteiger partial charge in [0.2, 0.25) is 0 Å². The normalized spacial score (nSPS) is 14.7. The van der Waals surface area contributed by atoms with Gasteiger partial charge in [-0.2, -0.15) is 11.8 Å². The number of nitrogens with zero attached hydrogens (tertiary/aromatic N) is 2. The van der Waals surface area contributed by atoms with Crippen LogP contribution in [0.3, 0.4) is 0 Å². The zero-order valence-electron chi connectivity index (χ0n) is 12.2. The number of thioether (sulfide) groups is 1. The lowest BCUT2D eigenvalue weighted by molar-refractivity contribution is 0.479. The highest BCUT2D eigenvalue weighted by atomic mass is 32.2. The molecule has 2 unspecified atom stereocenters. The number of para-hydroxylation sites is 2. The van der Waals surface area contributed by atoms with E-state index in [1.54, 1.807) is 0 Å². The molecule has 0 aliphatic carbocycles. The highest BCUT2D eigenvalue weighted by Crippen LogP contribution is 2.19. The molecule has 0 saturated heterocycles. The summed E-state index contributed by atoms with van der Waals surface area (Å²) in [4.78, 5) is 4.73. The minimum atomic E-state index is 0.279. The van der Waals surface area contributed by atoms with Crippen LogP contribution in [0, 0.1) is 5.92 Å². The molecule has 0 radical (unpaired) electrons. The number of fused-ring (bicyclic) bond motifs is 1. The quantitative estimate of drug-likeness (QED) is 0.879. The fourth-order valence-electron chi connectivity index (χ4n) is 2.36. The van der Waals surface area contributed by atoms with Gasteiger partial charge in [-0.15, -0.1) is 0 Å². The van der Waals surface area contributed by atoms with Gasteiger partial charge in [-0.1, -0.05) is 19.1 Å². The average Bonchev–Trinajstić information content (AvgIpc) is 2.74. The van der Waals surface area contributed by atoms with E-state index in [4.69, 9.17) is 4.98 Å². The molecule has 0 amide bonds. The van der Waals surface area contributed by atoms with Crippen LogP contribution in [0.25, 0.3) is 11.0 Å². The van der Waals surface area contributed by atoms with Crippen LogP contribution >= 0.6 is 11.8 Å². The first-order chi connectivity index (χ1) is 9.13. The average molecular weight is 277 g/mol. The lowest BCUT2D eigenvalue weighted by Crippen LogP contribution is -2.27. The third kappa shape index (κ3) is 3.31. The number of rotatable bonds is 6. The van der Waals surface area contributed by atoms with Crippen molar-refractivity contribution >= 4 is 22.8 Å². The van der Waals surface area contributed by atoms with Crippen molar-refractivity contribution < 1.29 is 0 Å². The van der Waals surface area contributed by atoms with E-state index in [9.17, 15) is 0 Å². The van der Waals surface area contributed by atoms with Gasteiger partial charge < -0.3 is 9.88 Å². The molecular formula is C15H23N3S. The van der Waals surface area contributed by atoms with Crippen molar-refractivity contribution in [2.75, 3.05) is 18.6 Å². The molecule has 2 aromatic rings. The Kier molecular flexibility index (Phi) is 4.88. The largest absolute Gasteiger partial charge is 0.330 e. The van der Waals surface area contributed by atoms with Gasteiger partial charge in [-0.3, -0.25) is 0 Å². The summed E-state index contributed by atoms with van der Waals surface area (Å²) in [5.74, 6) is 2.99. The Balaban J connectivity index is 2.09. The van der Waals surface area contributed by atoms with Gasteiger partial charge in [0.25, 0.3) is 0 Å². The fourth-order valence-corrected chi connectivity index (χ4v) is 3.05. The van der Waals surface area contributed by atoms with Crippen molar-refractivity contribution in [3.8, 4) is 0 Å². The lowest BCUT2D eigenvalue weighted by Gasteiger charge is -2.17. The van der Waals surface area contributed by atoms with Crippen LogP contribution in [-0.4, -0.2) is 28.1 Å². The third-order valence-electron chi connectivity index (χ3n) is 3.43. The summed E-state index contributed by atoms with van der Waals surface area (Å²) in [6, 6.07) is 8.57. The van der Waals surface area contributed by atoms with Gasteiger partial charge >= 0.3 is 0 Å². The van der Waals surface area contributed by atoms with Crippen molar-refractivity contribution in [3.05, 3.63) is 30.1 Å². The van der Waals surface area contributed by atoms with E-state index < -0.39 is 0 Å². The van der Waals surface area contributed by atoms with Gasteiger partial charge in [-0.25, -0.2) is 4.98 Å². The SMILES string of the molecule is CSCC(C)CNC(C)c1nc2ccccc2n1C. The zero-order valence-corrected chi connectivity index (χ0v) is 13.0. The lowest BCUT2D eigenvalue weighted by atomic mass is 10.2. The molecule has 1 heterocycles. The maximum atomic E-state index is 4.73. The Morgan fingerprint density at radius 3 is 2.74 bits per heavy atom. The van der Waals surface area contributed by atoms with Crippen molar-refractivity contribution in [1.29, 1.82) is 0 Å². The van der Waals surface area contributed by atoms with Crippen molar-refractivity contribution in [2.45, 2.75) is 19.9 Å². The topological polar surface area (TPSA) is 29.9 Å². The van der Waals surface area contributed by atoms with Gasteiger partial charge in [0.05, 0.1) is 17.1 Å². The first kappa shape index (κ1) is 14.4. The Hall–Kier alpha value is -1.00. The summed E-state index contributed by atoms with van der Waals surface area (Å²) < 4.78 is 2.19. The third-order valence-corrected chi connectivity index (χ3v) is 4.34. The van der Waals surface area contributed by atoms with Gasteiger partial charge in [-0.05, 0) is 43.5 Å². The second kappa shape index (κ2) is 6.44. The van der Waals surface area contributed by atoms with Crippen LogP contribution in [0.4, 0.5) is 0 Å². The van der Waals surface area contributed by atoms with Gasteiger partial charge in [0.1, 0.15) is 5.82 Å². The fraction of sp³-hybridized carbons (Fsp3) is 0.533. The van der Waals surface area contributed by atoms with Crippen LogP contribution in [0.1, 0.15) is 25.7 Å². The predicted octanol–water partition coefficient (Wildman–Crippen LogP) is 3.22. The first-order valence-corrected chi connectivity index (χ1v) is 8.16. The summed E-state index contributed by atoms with van der Waals surface area (Å²) in [5.41, 5.74) is 2.27. The highest BCUT2D eigenvalue weighted by Gasteiger charge is 2.14. The molecule has 2 rings (SSSR count). The van der Waals surface area contributed by atoms with Crippen LogP contribution in [0.15, 0.2) is 24.3 Å². The van der Waals surface area contributed by atoms with Crippen molar-refractivity contribution in [1.82, 2.24) is 14.9 Å². The van der Waals surface area contributed by atoms with Crippen LogP contribution in [-0.2, 0) is 7.05 Å². The standard InChI is InChI=1S/C15H23N3S/c1-11(10-19-4)9-16-12(2)15-17-13-7-5-6-8-14(13)18(15)3/h5-8,11-12,16H,9-10H2,1-4H3. The van der Waals surface area contributed by atoms with Crippen molar-refractivity contribution in [3.63, 3.8) is 0 Å². The summed E-state index contributed by atoms with van der Waals surface area (Å²) in [7, 11) is 2.09. The summed E-state index contributed by atoms with van der Waals surface area (Å²) >= 11 is 1.90. The van der Waals surface area contributed by atoms with E-state index in [1.807, 2.05) is 17.8 Å². The van der Waals surface area contributed by atoms with E-state index in [0.717, 1.165) is 17.9 Å². The number of nitrogens with one attached hydrogen (secondary N) is 1. The number of imidazole rings is 1. The number of benzene rings is 1. The molecule has 0 bridgehead atoms. The van der Waals surface area contributed by atoms with Gasteiger partial charge in [0, 0.05) is 7.05 Å². The molecule has 1 aromatic carbocycles. The molecule has 2 atom stereocenters. The van der Waals surface area contributed by atoms with E-state index in [1.165, 1.54) is 11.3 Å². The molecule has 1 N–H and O–H groups in total. The Bertz CT molecular complexity index is 535. The van der Waals surface area contributed by atoms with Gasteiger partial charge in [0.15, 0.2) is 0 Å². The molecule has 104 valence electrons. The number of hydrogen-bond acceptors (Lipinski definition) is 3. The number of aryl methyl sites for hydroxylation is 1. The van der Waals surface area contributed by atoms with Crippen LogP contribution in [0.2, 0.25) is 0 Å². The molecule has 19 heavy (non-hydrogen) atoms. The molecule has 1 aromatic heterocycles. The van der Waals surface area contributed by atoms with E-state index in [2.05, 4.69) is 55.2 Å². The minimum absolute atomic E-state index is 0.279. The summed E-state index contributed by atoms with van der Waals surface area (Å²) in [6.07, 6.45) is 2.16. The maximum absolute atomic E-state index is 4.73. The molecule has 4 heteroatoms. The molecule has 3 nitrogen and oxygen atoms in total. The zero-order chi connectivity index (χ0) is 13.8. The smallest absolute Gasteiger partial charge is 0.126 e. The minimum Gasteiger partial charge on any atom is -0.330 e. The van der Waals surface area contributed by atoms with E-state index in [-0.39, 0.29) is 6.04 Å². The van der Waals surface area contributed by atoms with E-state index >= 15 is 0 Å². The Labute approximate surface area is 119 Å². The van der Waals surface area contributed by atoms with Crippen molar-refractivity contribution in [2.24, 2.45) is 13.0 Å². The molecule has 0 fully saturated rings. The molecule has 0 aliphatic rings. The second-order valence-electron chi connectivity index (χ2n) is 5.21. The highest BCUT2D eigenvalue weighted by molar-refractivity contribution is 7.98. The Morgan fingerprint density at radius 2 is 2.05 bits per heavy atom. The monoisotopic (exact) mass is 277 g/mol. The molecule has 0 spiro atoms. The maximum Gasteiger partial charge on any atom is 0.126 e. The first-order valence-electron chi connectivity index (χ1n) is 6.77. The number of aromatic nitrogens is 2. The number of hydrogen-bond donors (Lipinski definition) is 1. The van der Waals surface area contributed by atoms with Crippen LogP contribution < -0.4 is 5.32 Å². The van der Waals surface area contributed by atoms with Crippen LogP contribution in [0.5, 0.6) is 0 Å². The molecule has 0 saturated carbocycles.